The van der Waals surface area contributed by atoms with Gasteiger partial charge in [-0.3, -0.25) is 4.79 Å². The lowest BCUT2D eigenvalue weighted by Crippen LogP contribution is -2.24. The summed E-state index contributed by atoms with van der Waals surface area (Å²) in [5.74, 6) is 0.112. The van der Waals surface area contributed by atoms with Gasteiger partial charge < -0.3 is 19.9 Å². The minimum atomic E-state index is 0.112. The molecule has 0 aliphatic rings. The van der Waals surface area contributed by atoms with Gasteiger partial charge in [0.2, 0.25) is 5.91 Å². The monoisotopic (exact) mass is 752 g/mol. The van der Waals surface area contributed by atoms with Crippen molar-refractivity contribution in [1.29, 1.82) is 0 Å². The van der Waals surface area contributed by atoms with Crippen LogP contribution in [0.15, 0.2) is 0 Å². The third-order valence-corrected chi connectivity index (χ3v) is 11.1. The molecular weight excluding hydrogens is 655 g/mol. The number of carbonyl (C=O) groups excluding carboxylic acids is 1. The van der Waals surface area contributed by atoms with Crippen molar-refractivity contribution >= 4 is 5.91 Å². The fraction of sp³-hybridized carbons (Fsp3) is 0.979. The van der Waals surface area contributed by atoms with Gasteiger partial charge in [0.25, 0.3) is 0 Å². The topological polar surface area (TPSA) is 67.8 Å². The number of unbranched alkanes of at least 4 members (excludes halogenated alkanes) is 33. The van der Waals surface area contributed by atoms with Crippen molar-refractivity contribution in [1.82, 2.24) is 5.32 Å². The molecule has 0 rings (SSSR count). The Bertz CT molecular complexity index is 674. The van der Waals surface area contributed by atoms with Crippen molar-refractivity contribution in [2.24, 2.45) is 0 Å². The largest absolute Gasteiger partial charge is 0.396 e. The molecule has 1 atom stereocenters. The highest BCUT2D eigenvalue weighted by Crippen LogP contribution is 2.17. The number of aliphatic hydroxyl groups is 1. The molecule has 0 unspecified atom stereocenters. The lowest BCUT2D eigenvalue weighted by molar-refractivity contribution is -0.121. The van der Waals surface area contributed by atoms with E-state index in [1.54, 1.807) is 0 Å². The third kappa shape index (κ3) is 45.6. The molecule has 0 aromatic carbocycles. The van der Waals surface area contributed by atoms with E-state index in [0.717, 1.165) is 51.9 Å². The number of hydrogen-bond acceptors (Lipinski definition) is 4. The summed E-state index contributed by atoms with van der Waals surface area (Å²) in [6.07, 6.45) is 51.4. The van der Waals surface area contributed by atoms with E-state index in [-0.39, 0.29) is 18.6 Å². The zero-order valence-electron chi connectivity index (χ0n) is 36.4. The zero-order valence-corrected chi connectivity index (χ0v) is 36.4. The summed E-state index contributed by atoms with van der Waals surface area (Å²) < 4.78 is 12.5. The first-order valence-electron chi connectivity index (χ1n) is 24.3. The first kappa shape index (κ1) is 52.3. The van der Waals surface area contributed by atoms with Gasteiger partial charge in [0.1, 0.15) is 0 Å². The van der Waals surface area contributed by atoms with Crippen molar-refractivity contribution in [2.75, 3.05) is 33.0 Å². The molecule has 2 N–H and O–H groups in total. The smallest absolute Gasteiger partial charge is 0.219 e. The second-order valence-electron chi connectivity index (χ2n) is 16.6. The van der Waals surface area contributed by atoms with Crippen LogP contribution in [-0.4, -0.2) is 50.1 Å². The summed E-state index contributed by atoms with van der Waals surface area (Å²) >= 11 is 0. The minimum Gasteiger partial charge on any atom is -0.396 e. The Hall–Kier alpha value is -0.650. The van der Waals surface area contributed by atoms with Gasteiger partial charge in [0, 0.05) is 32.8 Å². The number of nitrogens with one attached hydrogen (secondary N) is 1. The van der Waals surface area contributed by atoms with Gasteiger partial charge in [0.05, 0.1) is 12.7 Å². The Labute approximate surface area is 333 Å². The Morgan fingerprint density at radius 1 is 0.453 bits per heavy atom. The summed E-state index contributed by atoms with van der Waals surface area (Å²) in [4.78, 5) is 11.9. The van der Waals surface area contributed by atoms with Crippen LogP contribution < -0.4 is 5.32 Å². The van der Waals surface area contributed by atoms with Crippen molar-refractivity contribution in [3.8, 4) is 0 Å². The highest BCUT2D eigenvalue weighted by atomic mass is 16.5. The Balaban J connectivity index is 3.93. The van der Waals surface area contributed by atoms with Gasteiger partial charge in [0.15, 0.2) is 0 Å². The number of hydrogen-bond donors (Lipinski definition) is 2. The Morgan fingerprint density at radius 3 is 1.23 bits per heavy atom. The van der Waals surface area contributed by atoms with Crippen molar-refractivity contribution in [3.05, 3.63) is 0 Å². The van der Waals surface area contributed by atoms with E-state index >= 15 is 0 Å². The molecule has 0 fully saturated rings. The molecule has 0 spiro atoms. The van der Waals surface area contributed by atoms with Crippen LogP contribution in [0, 0.1) is 0 Å². The predicted molar refractivity (Wildman–Crippen MR) is 232 cm³/mol. The molecule has 0 heterocycles. The van der Waals surface area contributed by atoms with E-state index < -0.39 is 0 Å². The van der Waals surface area contributed by atoms with Crippen LogP contribution in [0.3, 0.4) is 0 Å². The normalized spacial score (nSPS) is 12.1. The van der Waals surface area contributed by atoms with Crippen molar-refractivity contribution < 1.29 is 19.4 Å². The second kappa shape index (κ2) is 47.5. The van der Waals surface area contributed by atoms with E-state index in [0.29, 0.717) is 19.4 Å². The van der Waals surface area contributed by atoms with E-state index in [1.807, 2.05) is 0 Å². The molecule has 0 radical (unpaired) electrons. The second-order valence-corrected chi connectivity index (χ2v) is 16.6. The van der Waals surface area contributed by atoms with E-state index in [1.165, 1.54) is 205 Å². The van der Waals surface area contributed by atoms with Gasteiger partial charge in [-0.05, 0) is 32.1 Å². The first-order chi connectivity index (χ1) is 26.2. The van der Waals surface area contributed by atoms with Gasteiger partial charge in [-0.1, -0.05) is 226 Å². The van der Waals surface area contributed by atoms with Crippen LogP contribution in [0.2, 0.25) is 0 Å². The summed E-state index contributed by atoms with van der Waals surface area (Å²) in [7, 11) is 0. The van der Waals surface area contributed by atoms with Crippen LogP contribution in [0.5, 0.6) is 0 Å². The maximum Gasteiger partial charge on any atom is 0.219 e. The molecule has 0 aromatic rings. The molecule has 318 valence electrons. The van der Waals surface area contributed by atoms with Crippen LogP contribution >= 0.6 is 0 Å². The molecule has 0 saturated heterocycles. The highest BCUT2D eigenvalue weighted by Gasteiger charge is 2.10. The average molecular weight is 752 g/mol. The molecule has 0 bridgehead atoms. The Kier molecular flexibility index (Phi) is 46.9. The Morgan fingerprint density at radius 2 is 0.811 bits per heavy atom. The fourth-order valence-electron chi connectivity index (χ4n) is 7.49. The lowest BCUT2D eigenvalue weighted by atomic mass is 10.0. The fourth-order valence-corrected chi connectivity index (χ4v) is 7.49. The zero-order chi connectivity index (χ0) is 38.4. The van der Waals surface area contributed by atoms with E-state index in [4.69, 9.17) is 14.6 Å². The van der Waals surface area contributed by atoms with E-state index in [2.05, 4.69) is 19.2 Å². The molecule has 0 aliphatic carbocycles. The number of carbonyl (C=O) groups is 1. The minimum absolute atomic E-state index is 0.112. The maximum atomic E-state index is 11.9. The molecular formula is C48H97NO4. The number of rotatable bonds is 47. The lowest BCUT2D eigenvalue weighted by Gasteiger charge is -2.18. The molecule has 0 aliphatic heterocycles. The van der Waals surface area contributed by atoms with Crippen LogP contribution in [0.25, 0.3) is 0 Å². The number of ether oxygens (including phenoxy) is 2. The molecule has 5 nitrogen and oxygen atoms in total. The van der Waals surface area contributed by atoms with E-state index in [9.17, 15) is 4.79 Å². The van der Waals surface area contributed by atoms with Gasteiger partial charge >= 0.3 is 0 Å². The van der Waals surface area contributed by atoms with Crippen LogP contribution in [-0.2, 0) is 14.3 Å². The molecule has 0 saturated carbocycles. The van der Waals surface area contributed by atoms with Crippen LogP contribution in [0.1, 0.15) is 264 Å². The van der Waals surface area contributed by atoms with Gasteiger partial charge in [-0.2, -0.15) is 0 Å². The summed E-state index contributed by atoms with van der Waals surface area (Å²) in [5, 5.41) is 11.8. The number of amides is 1. The average Bonchev–Trinajstić information content (AvgIpc) is 3.16. The SMILES string of the molecule is CCCCCCCCCCCCCCCCCCOC[C@@H](CCCCCCC(=O)NCCCO)OCCCCCCCCCCCCCCCCCC. The summed E-state index contributed by atoms with van der Waals surface area (Å²) in [6, 6.07) is 0. The molecule has 53 heavy (non-hydrogen) atoms. The van der Waals surface area contributed by atoms with Gasteiger partial charge in [-0.25, -0.2) is 0 Å². The standard InChI is InChI=1S/C48H97NO4/c1-3-5-7-9-11-13-15-17-19-21-23-25-27-29-33-37-44-52-46-47(40-35-31-32-36-41-48(51)49-42-39-43-50)53-45-38-34-30-28-26-24-22-20-18-16-14-12-10-8-6-4-2/h47,50H,3-46H2,1-2H3,(H,49,51)/t47-/m1/s1. The van der Waals surface area contributed by atoms with Gasteiger partial charge in [-0.15, -0.1) is 0 Å². The quantitative estimate of drug-likeness (QED) is 0.0608. The van der Waals surface area contributed by atoms with Crippen molar-refractivity contribution in [3.63, 3.8) is 0 Å². The molecule has 0 aromatic heterocycles. The molecule has 1 amide bonds. The number of aliphatic hydroxyl groups excluding tert-OH is 1. The first-order valence-corrected chi connectivity index (χ1v) is 24.3. The third-order valence-electron chi connectivity index (χ3n) is 11.1. The highest BCUT2D eigenvalue weighted by molar-refractivity contribution is 5.75. The summed E-state index contributed by atoms with van der Waals surface area (Å²) in [6.45, 7) is 7.75. The molecule has 5 heteroatoms. The summed E-state index contributed by atoms with van der Waals surface area (Å²) in [5.41, 5.74) is 0. The van der Waals surface area contributed by atoms with Crippen LogP contribution in [0.4, 0.5) is 0 Å². The van der Waals surface area contributed by atoms with Crippen molar-refractivity contribution in [2.45, 2.75) is 270 Å². The predicted octanol–water partition coefficient (Wildman–Crippen LogP) is 14.8. The maximum absolute atomic E-state index is 11.9.